The maximum atomic E-state index is 14.0. The summed E-state index contributed by atoms with van der Waals surface area (Å²) in [4.78, 5) is 13.3. The van der Waals surface area contributed by atoms with Crippen LogP contribution in [0.15, 0.2) is 47.4 Å². The van der Waals surface area contributed by atoms with Gasteiger partial charge >= 0.3 is 13.7 Å². The molecule has 2 fully saturated rings. The summed E-state index contributed by atoms with van der Waals surface area (Å²) in [5.74, 6) is 1.05. The fourth-order valence-electron chi connectivity index (χ4n) is 6.06. The van der Waals surface area contributed by atoms with Crippen LogP contribution in [0.2, 0.25) is 0 Å². The molecule has 1 amide bonds. The van der Waals surface area contributed by atoms with Crippen molar-refractivity contribution in [2.45, 2.75) is 76.4 Å². The van der Waals surface area contributed by atoms with Crippen molar-refractivity contribution in [3.05, 3.63) is 48.0 Å². The summed E-state index contributed by atoms with van der Waals surface area (Å²) in [5, 5.41) is 14.5. The van der Waals surface area contributed by atoms with E-state index in [0.29, 0.717) is 42.3 Å². The number of nitrogens with zero attached hydrogens (tertiary/aromatic N) is 1. The van der Waals surface area contributed by atoms with Crippen LogP contribution in [-0.2, 0) is 44.3 Å². The molecule has 0 aliphatic carbocycles. The Hall–Kier alpha value is -2.95. The average Bonchev–Trinajstić information content (AvgIpc) is 3.86. The normalized spacial score (nSPS) is 21.6. The second-order valence-corrected chi connectivity index (χ2v) is 16.6. The van der Waals surface area contributed by atoms with Crippen molar-refractivity contribution < 1.29 is 60.4 Å². The number of alkyl carbamates (subject to hydrolysis) is 1. The van der Waals surface area contributed by atoms with Gasteiger partial charge in [-0.15, -0.1) is 0 Å². The minimum atomic E-state index is -4.12. The summed E-state index contributed by atoms with van der Waals surface area (Å²) in [6.45, 7) is 8.22. The van der Waals surface area contributed by atoms with Crippen LogP contribution in [-0.4, -0.2) is 101 Å². The molecular weight excluding hydrogens is 707 g/mol. The standard InChI is InChI=1S/C34H49N2O13PS/c1-5-23(4)18-36(51(40,41)26-12-13-30-31(17-26)45-21-44-30)19-29(37)28(35-34(38)49-32-20-43-33-27(32)14-15-42-33)16-24-8-10-25(11-9-24)46-22-50(39,47-6-2)48-7-3/h8-13,17,23,27-29,32-33,37H,5-7,14-16,18-22H2,1-4H3,(H,35,38)/t23-,27-,28-,29+,32-,33+/m0/s1. The highest BCUT2D eigenvalue weighted by Crippen LogP contribution is 2.48. The Balaban J connectivity index is 1.34. The van der Waals surface area contributed by atoms with E-state index in [2.05, 4.69) is 5.32 Å². The zero-order chi connectivity index (χ0) is 36.6. The second kappa shape index (κ2) is 17.7. The Kier molecular flexibility index (Phi) is 13.6. The van der Waals surface area contributed by atoms with Gasteiger partial charge in [-0.3, -0.25) is 4.57 Å². The number of hydrogen-bond donors (Lipinski definition) is 2. The predicted octanol–water partition coefficient (Wildman–Crippen LogP) is 4.51. The summed E-state index contributed by atoms with van der Waals surface area (Å²) < 4.78 is 86.1. The summed E-state index contributed by atoms with van der Waals surface area (Å²) in [6.07, 6.45) is -1.83. The van der Waals surface area contributed by atoms with Gasteiger partial charge < -0.3 is 47.9 Å². The van der Waals surface area contributed by atoms with Gasteiger partial charge in [0.05, 0.1) is 49.4 Å². The van der Waals surface area contributed by atoms with Crippen LogP contribution in [0.5, 0.6) is 17.2 Å². The number of benzene rings is 2. The minimum absolute atomic E-state index is 0.00504. The van der Waals surface area contributed by atoms with E-state index in [0.717, 1.165) is 0 Å². The van der Waals surface area contributed by atoms with Gasteiger partial charge in [0.25, 0.3) is 0 Å². The molecule has 2 N–H and O–H groups in total. The monoisotopic (exact) mass is 756 g/mol. The van der Waals surface area contributed by atoms with Crippen molar-refractivity contribution in [3.8, 4) is 17.2 Å². The van der Waals surface area contributed by atoms with E-state index >= 15 is 0 Å². The van der Waals surface area contributed by atoms with Gasteiger partial charge in [0.1, 0.15) is 11.9 Å². The number of aliphatic hydroxyl groups is 1. The maximum Gasteiger partial charge on any atom is 0.407 e. The van der Waals surface area contributed by atoms with Gasteiger partial charge in [-0.2, -0.15) is 4.31 Å². The molecule has 15 nitrogen and oxygen atoms in total. The van der Waals surface area contributed by atoms with Crippen molar-refractivity contribution in [2.75, 3.05) is 52.7 Å². The Morgan fingerprint density at radius 2 is 1.76 bits per heavy atom. The lowest BCUT2D eigenvalue weighted by Gasteiger charge is -2.31. The quantitative estimate of drug-likeness (QED) is 0.192. The predicted molar refractivity (Wildman–Crippen MR) is 184 cm³/mol. The van der Waals surface area contributed by atoms with Gasteiger partial charge in [-0.05, 0) is 62.4 Å². The average molecular weight is 757 g/mol. The first kappa shape index (κ1) is 39.3. The Morgan fingerprint density at radius 1 is 1.04 bits per heavy atom. The number of nitrogens with one attached hydrogen (secondary N) is 1. The maximum absolute atomic E-state index is 14.0. The molecule has 3 heterocycles. The van der Waals surface area contributed by atoms with Crippen LogP contribution >= 0.6 is 7.60 Å². The minimum Gasteiger partial charge on any atom is -0.481 e. The number of ether oxygens (including phenoxy) is 6. The first-order valence-electron chi connectivity index (χ1n) is 17.3. The van der Waals surface area contributed by atoms with E-state index in [1.54, 1.807) is 44.2 Å². The third kappa shape index (κ3) is 10.1. The van der Waals surface area contributed by atoms with Gasteiger partial charge in [-0.25, -0.2) is 13.2 Å². The molecule has 3 aliphatic rings. The molecule has 17 heteroatoms. The van der Waals surface area contributed by atoms with Gasteiger partial charge in [0.15, 0.2) is 24.1 Å². The fourth-order valence-corrected chi connectivity index (χ4v) is 8.97. The topological polar surface area (TPSA) is 178 Å². The van der Waals surface area contributed by atoms with Crippen molar-refractivity contribution in [1.29, 1.82) is 0 Å². The van der Waals surface area contributed by atoms with Gasteiger partial charge in [0, 0.05) is 19.2 Å². The summed E-state index contributed by atoms with van der Waals surface area (Å²) >= 11 is 0. The molecule has 284 valence electrons. The molecule has 0 radical (unpaired) electrons. The first-order chi connectivity index (χ1) is 24.4. The molecule has 0 unspecified atom stereocenters. The number of amides is 1. The highest BCUT2D eigenvalue weighted by molar-refractivity contribution is 7.89. The zero-order valence-corrected chi connectivity index (χ0v) is 31.1. The molecule has 2 aromatic carbocycles. The van der Waals surface area contributed by atoms with Gasteiger partial charge in [0.2, 0.25) is 16.8 Å². The van der Waals surface area contributed by atoms with Crippen LogP contribution in [0.1, 0.15) is 46.1 Å². The van der Waals surface area contributed by atoms with E-state index in [1.807, 2.05) is 13.8 Å². The van der Waals surface area contributed by atoms with Crippen LogP contribution in [0.25, 0.3) is 0 Å². The zero-order valence-electron chi connectivity index (χ0n) is 29.4. The number of rotatable bonds is 19. The SMILES string of the molecule is CCOP(=O)(COc1ccc(C[C@H](NC(=O)O[C@H]2CO[C@H]3OCC[C@H]32)[C@H](O)CN(C[C@@H](C)CC)S(=O)(=O)c2ccc3c(c2)OCO3)cc1)OCC. The van der Waals surface area contributed by atoms with Crippen molar-refractivity contribution in [3.63, 3.8) is 0 Å². The van der Waals surface area contributed by atoms with Crippen molar-refractivity contribution >= 4 is 23.7 Å². The molecule has 2 aromatic rings. The number of hydrogen-bond acceptors (Lipinski definition) is 13. The summed E-state index contributed by atoms with van der Waals surface area (Å²) in [6, 6.07) is 10.2. The van der Waals surface area contributed by atoms with Gasteiger partial charge in [-0.1, -0.05) is 32.4 Å². The molecule has 51 heavy (non-hydrogen) atoms. The molecule has 0 bridgehead atoms. The number of aliphatic hydroxyl groups excluding tert-OH is 1. The van der Waals surface area contributed by atoms with Crippen molar-refractivity contribution in [2.24, 2.45) is 11.8 Å². The van der Waals surface area contributed by atoms with Crippen LogP contribution in [0, 0.1) is 11.8 Å². The van der Waals surface area contributed by atoms with E-state index in [9.17, 15) is 22.9 Å². The first-order valence-corrected chi connectivity index (χ1v) is 20.5. The number of fused-ring (bicyclic) bond motifs is 2. The second-order valence-electron chi connectivity index (χ2n) is 12.7. The molecule has 0 aromatic heterocycles. The smallest absolute Gasteiger partial charge is 0.407 e. The molecule has 3 aliphatic heterocycles. The van der Waals surface area contributed by atoms with E-state index in [4.69, 9.17) is 37.5 Å². The molecule has 5 rings (SSSR count). The Bertz CT molecular complexity index is 1600. The summed E-state index contributed by atoms with van der Waals surface area (Å²) in [5.41, 5.74) is 0.699. The number of sulfonamides is 1. The van der Waals surface area contributed by atoms with Crippen LogP contribution in [0.3, 0.4) is 0 Å². The third-order valence-electron chi connectivity index (χ3n) is 9.02. The van der Waals surface area contributed by atoms with E-state index in [1.165, 1.54) is 16.4 Å². The Labute approximate surface area is 299 Å². The van der Waals surface area contributed by atoms with E-state index < -0.39 is 48.3 Å². The van der Waals surface area contributed by atoms with E-state index in [-0.39, 0.29) is 69.2 Å². The number of carbonyl (C=O) groups is 1. The molecule has 0 saturated carbocycles. The lowest BCUT2D eigenvalue weighted by Crippen LogP contribution is -2.51. The van der Waals surface area contributed by atoms with Crippen LogP contribution < -0.4 is 19.5 Å². The molecule has 2 saturated heterocycles. The van der Waals surface area contributed by atoms with Crippen LogP contribution in [0.4, 0.5) is 4.79 Å². The molecule has 6 atom stereocenters. The molecule has 0 spiro atoms. The van der Waals surface area contributed by atoms with Crippen molar-refractivity contribution in [1.82, 2.24) is 9.62 Å². The third-order valence-corrected chi connectivity index (χ3v) is 12.6. The lowest BCUT2D eigenvalue weighted by molar-refractivity contribution is -0.0907. The summed E-state index contributed by atoms with van der Waals surface area (Å²) in [7, 11) is -7.55. The highest BCUT2D eigenvalue weighted by Gasteiger charge is 2.44. The molecular formula is C34H49N2O13PS. The highest BCUT2D eigenvalue weighted by atomic mass is 32.2. The number of carbonyl (C=O) groups excluding carboxylic acids is 1. The fraction of sp³-hybridized carbons (Fsp3) is 0.618. The largest absolute Gasteiger partial charge is 0.481 e. The Morgan fingerprint density at radius 3 is 2.47 bits per heavy atom. The lowest BCUT2D eigenvalue weighted by atomic mass is 10.0.